The molecule has 12 heteroatoms. The predicted molar refractivity (Wildman–Crippen MR) is 360 cm³/mol. The molecule has 0 radical (unpaired) electrons. The first-order chi connectivity index (χ1) is 43.4. The van der Waals surface area contributed by atoms with Crippen LogP contribution in [0, 0.1) is 27.7 Å². The van der Waals surface area contributed by atoms with E-state index < -0.39 is 0 Å². The summed E-state index contributed by atoms with van der Waals surface area (Å²) in [6.07, 6.45) is 14.2. The van der Waals surface area contributed by atoms with E-state index in [-0.39, 0.29) is 0 Å². The molecule has 0 bridgehead atoms. The lowest BCUT2D eigenvalue weighted by molar-refractivity contribution is 1.20. The quantitative estimate of drug-likeness (QED) is 0.108. The van der Waals surface area contributed by atoms with Gasteiger partial charge in [0.05, 0.1) is 67.6 Å². The first kappa shape index (κ1) is 51.8. The molecule has 4 aromatic heterocycles. The Morgan fingerprint density at radius 2 is 0.443 bits per heavy atom. The van der Waals surface area contributed by atoms with Gasteiger partial charge in [0.15, 0.2) is 0 Å². The van der Waals surface area contributed by atoms with Gasteiger partial charge in [-0.05, 0) is 135 Å². The number of nitrogens with zero attached hydrogens (tertiary/aromatic N) is 12. The molecular formula is C76H54N12. The van der Waals surface area contributed by atoms with Crippen LogP contribution in [0.25, 0.3) is 75.9 Å². The van der Waals surface area contributed by atoms with Crippen molar-refractivity contribution < 1.29 is 0 Å². The van der Waals surface area contributed by atoms with Gasteiger partial charge in [0, 0.05) is 101 Å². The average Bonchev–Trinajstić information content (AvgIpc) is 0.717. The molecule has 0 aliphatic heterocycles. The second kappa shape index (κ2) is 21.1. The van der Waals surface area contributed by atoms with Crippen molar-refractivity contribution >= 4 is 144 Å². The van der Waals surface area contributed by atoms with Crippen molar-refractivity contribution in [2.24, 2.45) is 0 Å². The molecular weight excluding hydrogens is 1080 g/mol. The largest absolute Gasteiger partial charge is 0.309 e. The molecule has 0 unspecified atom stereocenters. The molecule has 0 aliphatic rings. The molecule has 16 rings (SSSR count). The zero-order valence-electron chi connectivity index (χ0n) is 48.6. The number of benzene rings is 12. The van der Waals surface area contributed by atoms with Crippen LogP contribution in [0.1, 0.15) is 22.3 Å². The van der Waals surface area contributed by atoms with E-state index in [2.05, 4.69) is 273 Å². The second-order valence-corrected chi connectivity index (χ2v) is 22.3. The van der Waals surface area contributed by atoms with Gasteiger partial charge in [0.1, 0.15) is 25.3 Å². The monoisotopic (exact) mass is 1130 g/mol. The zero-order valence-corrected chi connectivity index (χ0v) is 48.6. The Balaban J connectivity index is 1.15. The number of hydrogen-bond donors (Lipinski definition) is 0. The normalized spacial score (nSPS) is 11.6. The van der Waals surface area contributed by atoms with Gasteiger partial charge >= 0.3 is 0 Å². The van der Waals surface area contributed by atoms with Crippen molar-refractivity contribution in [3.05, 3.63) is 279 Å². The minimum atomic E-state index is 0.834. The summed E-state index contributed by atoms with van der Waals surface area (Å²) in [6.45, 7) is 8.75. The highest BCUT2D eigenvalue weighted by molar-refractivity contribution is 6.33. The molecule has 0 saturated carbocycles. The molecule has 88 heavy (non-hydrogen) atoms. The van der Waals surface area contributed by atoms with Gasteiger partial charge in [-0.25, -0.2) is 39.9 Å². The summed E-state index contributed by atoms with van der Waals surface area (Å²) in [7, 11) is 0. The fourth-order valence-electron chi connectivity index (χ4n) is 13.2. The fraction of sp³-hybridized carbons (Fsp3) is 0.0526. The number of aryl methyl sites for hydroxylation is 4. The van der Waals surface area contributed by atoms with Crippen molar-refractivity contribution in [1.29, 1.82) is 0 Å². The van der Waals surface area contributed by atoms with E-state index in [4.69, 9.17) is 19.9 Å². The van der Waals surface area contributed by atoms with Crippen molar-refractivity contribution in [2.45, 2.75) is 27.7 Å². The van der Waals surface area contributed by atoms with E-state index in [0.29, 0.717) is 0 Å². The third-order valence-corrected chi connectivity index (χ3v) is 17.3. The Hall–Kier alpha value is -11.8. The van der Waals surface area contributed by atoms with Crippen LogP contribution >= 0.6 is 0 Å². The van der Waals surface area contributed by atoms with E-state index in [1.807, 2.05) is 24.8 Å². The summed E-state index contributed by atoms with van der Waals surface area (Å²) in [5, 5.41) is 9.90. The first-order valence-electron chi connectivity index (χ1n) is 29.3. The molecule has 0 aliphatic carbocycles. The maximum atomic E-state index is 4.85. The molecule has 4 heterocycles. The molecule has 0 atom stereocenters. The van der Waals surface area contributed by atoms with Gasteiger partial charge in [-0.2, -0.15) is 0 Å². The summed E-state index contributed by atoms with van der Waals surface area (Å²) in [5.41, 5.74) is 19.3. The number of fused-ring (bicyclic) bond motifs is 4. The Morgan fingerprint density at radius 3 is 0.682 bits per heavy atom. The number of anilines is 12. The lowest BCUT2D eigenvalue weighted by Crippen LogP contribution is -2.17. The first-order valence-corrected chi connectivity index (χ1v) is 29.3. The van der Waals surface area contributed by atoms with Crippen LogP contribution in [-0.4, -0.2) is 39.9 Å². The fourth-order valence-corrected chi connectivity index (χ4v) is 13.2. The summed E-state index contributed by atoms with van der Waals surface area (Å²) < 4.78 is 0. The van der Waals surface area contributed by atoms with E-state index >= 15 is 0 Å². The molecule has 0 N–H and O–H groups in total. The standard InChI is InChI=1S/C76H54N12/c1-47-17-5-9-25-63(47)85(67-29-13-21-59-55(67)39-77-43-81-59)71-37-72(86(64-26-10-6-18-48(64)2)68-30-14-22-60-56(68)40-78-44-82-60)52-35-36-54-74(88(66-28-12-8-20-50(66)4)70-32-16-24-62-58(70)42-80-46-84-62)38-73(53-34-33-51(71)75(52)76(53)54)87(65-27-11-7-19-49(65)3)69-31-15-23-61-57(69)41-79-45-83-61/h5-46H,1-4H3. The molecule has 12 aromatic carbocycles. The highest BCUT2D eigenvalue weighted by atomic mass is 15.2. The van der Waals surface area contributed by atoms with Gasteiger partial charge in [0.2, 0.25) is 0 Å². The second-order valence-electron chi connectivity index (χ2n) is 22.3. The van der Waals surface area contributed by atoms with Crippen LogP contribution < -0.4 is 19.6 Å². The molecule has 418 valence electrons. The van der Waals surface area contributed by atoms with Crippen LogP contribution in [0.2, 0.25) is 0 Å². The lowest BCUT2D eigenvalue weighted by atomic mass is 9.88. The smallest absolute Gasteiger partial charge is 0.116 e. The highest BCUT2D eigenvalue weighted by Gasteiger charge is 2.32. The number of para-hydroxylation sites is 4. The van der Waals surface area contributed by atoms with Gasteiger partial charge < -0.3 is 19.6 Å². The predicted octanol–water partition coefficient (Wildman–Crippen LogP) is 19.5. The van der Waals surface area contributed by atoms with E-state index in [1.54, 1.807) is 25.3 Å². The molecule has 0 fully saturated rings. The van der Waals surface area contributed by atoms with Crippen LogP contribution in [-0.2, 0) is 0 Å². The van der Waals surface area contributed by atoms with Gasteiger partial charge in [0.25, 0.3) is 0 Å². The SMILES string of the molecule is Cc1ccccc1N(c1cccc2ncncc12)c1cc(N(c2ccccc2C)c2cccc3ncncc23)c2ccc3c(N(c4ccccc4C)c4cccc5ncncc45)cc(N(c4ccccc4C)c4cccc5ncncc45)c4ccc1c2c43. The maximum Gasteiger partial charge on any atom is 0.116 e. The van der Waals surface area contributed by atoms with Crippen LogP contribution in [0.15, 0.2) is 256 Å². The summed E-state index contributed by atoms with van der Waals surface area (Å²) in [4.78, 5) is 47.8. The van der Waals surface area contributed by atoms with Crippen LogP contribution in [0.4, 0.5) is 68.2 Å². The highest BCUT2D eigenvalue weighted by Crippen LogP contribution is 2.57. The Labute approximate surface area is 507 Å². The zero-order chi connectivity index (χ0) is 59.0. The molecule has 12 nitrogen and oxygen atoms in total. The Bertz CT molecular complexity index is 4730. The Kier molecular flexibility index (Phi) is 12.4. The van der Waals surface area contributed by atoms with Crippen molar-refractivity contribution in [2.75, 3.05) is 19.6 Å². The van der Waals surface area contributed by atoms with E-state index in [0.717, 1.165) is 166 Å². The molecule has 0 saturated heterocycles. The maximum absolute atomic E-state index is 4.85. The van der Waals surface area contributed by atoms with Gasteiger partial charge in [-0.1, -0.05) is 121 Å². The minimum absolute atomic E-state index is 0.834. The Morgan fingerprint density at radius 1 is 0.216 bits per heavy atom. The van der Waals surface area contributed by atoms with Crippen molar-refractivity contribution in [3.8, 4) is 0 Å². The van der Waals surface area contributed by atoms with E-state index in [1.165, 1.54) is 0 Å². The third-order valence-electron chi connectivity index (χ3n) is 17.3. The van der Waals surface area contributed by atoms with Crippen molar-refractivity contribution in [3.63, 3.8) is 0 Å². The van der Waals surface area contributed by atoms with Crippen LogP contribution in [0.3, 0.4) is 0 Å². The lowest BCUT2D eigenvalue weighted by Gasteiger charge is -2.36. The number of aromatic nitrogens is 8. The topological polar surface area (TPSA) is 116 Å². The third kappa shape index (κ3) is 8.36. The van der Waals surface area contributed by atoms with Gasteiger partial charge in [-0.15, -0.1) is 0 Å². The summed E-state index contributed by atoms with van der Waals surface area (Å²) in [6, 6.07) is 74.0. The minimum Gasteiger partial charge on any atom is -0.309 e. The number of hydrogen-bond acceptors (Lipinski definition) is 12. The van der Waals surface area contributed by atoms with Crippen molar-refractivity contribution in [1.82, 2.24) is 39.9 Å². The van der Waals surface area contributed by atoms with E-state index in [9.17, 15) is 0 Å². The molecule has 16 aromatic rings. The summed E-state index contributed by atoms with van der Waals surface area (Å²) in [5.74, 6) is 0. The molecule has 0 amide bonds. The molecule has 0 spiro atoms. The average molecular weight is 1140 g/mol. The summed E-state index contributed by atoms with van der Waals surface area (Å²) >= 11 is 0. The number of rotatable bonds is 12. The van der Waals surface area contributed by atoms with Gasteiger partial charge in [-0.3, -0.25) is 0 Å². The van der Waals surface area contributed by atoms with Crippen LogP contribution in [0.5, 0.6) is 0 Å².